The zero-order chi connectivity index (χ0) is 24.2. The molecule has 1 aromatic heterocycles. The number of likely N-dealkylation sites (N-methyl/N-ethyl adjacent to an activating group) is 1. The predicted octanol–water partition coefficient (Wildman–Crippen LogP) is 5.98. The largest absolute Gasteiger partial charge is 0.361 e. The molecule has 174 valence electrons. The third-order valence-electron chi connectivity index (χ3n) is 6.28. The summed E-state index contributed by atoms with van der Waals surface area (Å²) in [6, 6.07) is 22.8. The topological polar surface area (TPSA) is 65.2 Å². The van der Waals surface area contributed by atoms with Gasteiger partial charge in [-0.2, -0.15) is 0 Å². The molecule has 0 aliphatic heterocycles. The van der Waals surface area contributed by atoms with Crippen LogP contribution in [-0.4, -0.2) is 28.7 Å². The molecule has 0 saturated carbocycles. The molecule has 5 nitrogen and oxygen atoms in total. The summed E-state index contributed by atoms with van der Waals surface area (Å²) >= 11 is 0. The maximum atomic E-state index is 13.5. The van der Waals surface area contributed by atoms with Crippen molar-refractivity contribution in [3.8, 4) is 0 Å². The first kappa shape index (κ1) is 23.3. The van der Waals surface area contributed by atoms with Crippen molar-refractivity contribution in [1.82, 2.24) is 9.88 Å². The molecule has 0 spiro atoms. The standard InChI is InChI=1S/C29H31N3O2/c1-19(2)21-13-15-24(16-14-21)31-29(34)28(22-11-9-20(3)10-12-22)32(4)27(33)17-23-18-30-26-8-6-5-7-25(23)26/h5-16,18-19,28,30H,17H2,1-4H3,(H,31,34)/t28-/m1/s1. The molecule has 1 heterocycles. The highest BCUT2D eigenvalue weighted by Gasteiger charge is 2.29. The number of fused-ring (bicyclic) bond motifs is 1. The van der Waals surface area contributed by atoms with E-state index in [1.807, 2.05) is 85.9 Å². The van der Waals surface area contributed by atoms with Crippen LogP contribution in [0.4, 0.5) is 5.69 Å². The van der Waals surface area contributed by atoms with Crippen molar-refractivity contribution in [3.63, 3.8) is 0 Å². The molecule has 5 heteroatoms. The second kappa shape index (κ2) is 9.96. The normalized spacial score (nSPS) is 12.0. The van der Waals surface area contributed by atoms with E-state index < -0.39 is 6.04 Å². The van der Waals surface area contributed by atoms with Crippen molar-refractivity contribution in [2.24, 2.45) is 0 Å². The van der Waals surface area contributed by atoms with E-state index >= 15 is 0 Å². The quantitative estimate of drug-likeness (QED) is 0.361. The van der Waals surface area contributed by atoms with Gasteiger partial charge < -0.3 is 15.2 Å². The zero-order valence-corrected chi connectivity index (χ0v) is 20.1. The average molecular weight is 454 g/mol. The van der Waals surface area contributed by atoms with Crippen LogP contribution < -0.4 is 5.32 Å². The highest BCUT2D eigenvalue weighted by atomic mass is 16.2. The number of anilines is 1. The summed E-state index contributed by atoms with van der Waals surface area (Å²) in [4.78, 5) is 31.6. The van der Waals surface area contributed by atoms with Crippen LogP contribution in [0.5, 0.6) is 0 Å². The Morgan fingerprint density at radius 2 is 1.56 bits per heavy atom. The monoisotopic (exact) mass is 453 g/mol. The SMILES string of the molecule is Cc1ccc([C@H](C(=O)Nc2ccc(C(C)C)cc2)N(C)C(=O)Cc2c[nH]c3ccccc23)cc1. The summed E-state index contributed by atoms with van der Waals surface area (Å²) in [5.74, 6) is 0.0508. The number of aromatic amines is 1. The minimum Gasteiger partial charge on any atom is -0.361 e. The van der Waals surface area contributed by atoms with Gasteiger partial charge in [0.2, 0.25) is 5.91 Å². The lowest BCUT2D eigenvalue weighted by Gasteiger charge is -2.28. The summed E-state index contributed by atoms with van der Waals surface area (Å²) in [6.45, 7) is 6.27. The van der Waals surface area contributed by atoms with E-state index in [-0.39, 0.29) is 18.2 Å². The molecule has 0 bridgehead atoms. The summed E-state index contributed by atoms with van der Waals surface area (Å²) < 4.78 is 0. The second-order valence-electron chi connectivity index (χ2n) is 9.12. The van der Waals surface area contributed by atoms with Gasteiger partial charge in [0, 0.05) is 29.8 Å². The smallest absolute Gasteiger partial charge is 0.251 e. The first-order valence-corrected chi connectivity index (χ1v) is 11.6. The Bertz CT molecular complexity index is 1290. The maximum Gasteiger partial charge on any atom is 0.251 e. The van der Waals surface area contributed by atoms with Crippen LogP contribution in [0, 0.1) is 6.92 Å². The van der Waals surface area contributed by atoms with Crippen molar-refractivity contribution in [2.75, 3.05) is 12.4 Å². The van der Waals surface area contributed by atoms with Crippen LogP contribution in [-0.2, 0) is 16.0 Å². The van der Waals surface area contributed by atoms with Gasteiger partial charge in [0.25, 0.3) is 5.91 Å². The Hall–Kier alpha value is -3.86. The van der Waals surface area contributed by atoms with Crippen LogP contribution in [0.15, 0.2) is 79.0 Å². The minimum absolute atomic E-state index is 0.124. The molecule has 0 fully saturated rings. The molecule has 2 amide bonds. The highest BCUT2D eigenvalue weighted by Crippen LogP contribution is 2.26. The number of aromatic nitrogens is 1. The number of nitrogens with zero attached hydrogens (tertiary/aromatic N) is 1. The molecule has 0 saturated heterocycles. The number of hydrogen-bond donors (Lipinski definition) is 2. The maximum absolute atomic E-state index is 13.5. The van der Waals surface area contributed by atoms with Gasteiger partial charge >= 0.3 is 0 Å². The number of hydrogen-bond acceptors (Lipinski definition) is 2. The minimum atomic E-state index is -0.747. The number of carbonyl (C=O) groups excluding carboxylic acids is 2. The Labute approximate surface area is 200 Å². The molecule has 0 aliphatic carbocycles. The van der Waals surface area contributed by atoms with E-state index in [4.69, 9.17) is 0 Å². The number of rotatable bonds is 7. The fourth-order valence-electron chi connectivity index (χ4n) is 4.17. The number of carbonyl (C=O) groups is 2. The van der Waals surface area contributed by atoms with E-state index in [1.54, 1.807) is 11.9 Å². The van der Waals surface area contributed by atoms with E-state index in [0.29, 0.717) is 11.6 Å². The Balaban J connectivity index is 1.58. The van der Waals surface area contributed by atoms with Crippen molar-refractivity contribution >= 4 is 28.4 Å². The van der Waals surface area contributed by atoms with Crippen LogP contribution in [0.1, 0.15) is 48.1 Å². The molecule has 34 heavy (non-hydrogen) atoms. The first-order valence-electron chi connectivity index (χ1n) is 11.6. The fraction of sp³-hybridized carbons (Fsp3) is 0.241. The average Bonchev–Trinajstić information content (AvgIpc) is 3.23. The molecule has 4 rings (SSSR count). The zero-order valence-electron chi connectivity index (χ0n) is 20.1. The molecule has 0 aliphatic rings. The number of para-hydroxylation sites is 1. The highest BCUT2D eigenvalue weighted by molar-refractivity contribution is 5.98. The van der Waals surface area contributed by atoms with E-state index in [0.717, 1.165) is 27.6 Å². The molecule has 2 N–H and O–H groups in total. The second-order valence-corrected chi connectivity index (χ2v) is 9.12. The third-order valence-corrected chi connectivity index (χ3v) is 6.28. The van der Waals surface area contributed by atoms with Gasteiger partial charge in [-0.15, -0.1) is 0 Å². The molecular formula is C29H31N3O2. The third kappa shape index (κ3) is 5.04. The van der Waals surface area contributed by atoms with Crippen LogP contribution in [0.2, 0.25) is 0 Å². The lowest BCUT2D eigenvalue weighted by molar-refractivity contribution is -0.136. The Morgan fingerprint density at radius 3 is 2.24 bits per heavy atom. The van der Waals surface area contributed by atoms with Crippen molar-refractivity contribution in [3.05, 3.63) is 101 Å². The molecule has 3 aromatic carbocycles. The van der Waals surface area contributed by atoms with E-state index in [1.165, 1.54) is 5.56 Å². The predicted molar refractivity (Wildman–Crippen MR) is 138 cm³/mol. The van der Waals surface area contributed by atoms with Gasteiger partial charge in [-0.1, -0.05) is 74.0 Å². The van der Waals surface area contributed by atoms with Crippen LogP contribution in [0.3, 0.4) is 0 Å². The molecular weight excluding hydrogens is 422 g/mol. The summed E-state index contributed by atoms with van der Waals surface area (Å²) in [5, 5.41) is 4.03. The van der Waals surface area contributed by atoms with Gasteiger partial charge in [-0.25, -0.2) is 0 Å². The van der Waals surface area contributed by atoms with Gasteiger partial charge in [-0.3, -0.25) is 9.59 Å². The fourth-order valence-corrected chi connectivity index (χ4v) is 4.17. The Morgan fingerprint density at radius 1 is 0.912 bits per heavy atom. The van der Waals surface area contributed by atoms with Gasteiger partial charge in [0.15, 0.2) is 0 Å². The van der Waals surface area contributed by atoms with Gasteiger partial charge in [-0.05, 0) is 47.7 Å². The number of H-pyrrole nitrogens is 1. The van der Waals surface area contributed by atoms with Crippen molar-refractivity contribution < 1.29 is 9.59 Å². The first-order chi connectivity index (χ1) is 16.3. The van der Waals surface area contributed by atoms with Crippen molar-refractivity contribution in [1.29, 1.82) is 0 Å². The molecule has 4 aromatic rings. The van der Waals surface area contributed by atoms with Crippen LogP contribution >= 0.6 is 0 Å². The number of nitrogens with one attached hydrogen (secondary N) is 2. The lowest BCUT2D eigenvalue weighted by Crippen LogP contribution is -2.39. The van der Waals surface area contributed by atoms with Crippen molar-refractivity contribution in [2.45, 2.75) is 39.2 Å². The number of aryl methyl sites for hydroxylation is 1. The molecule has 0 unspecified atom stereocenters. The summed E-state index contributed by atoms with van der Waals surface area (Å²) in [7, 11) is 1.70. The van der Waals surface area contributed by atoms with Gasteiger partial charge in [0.1, 0.15) is 6.04 Å². The Kier molecular flexibility index (Phi) is 6.82. The lowest BCUT2D eigenvalue weighted by atomic mass is 10.0. The summed E-state index contributed by atoms with van der Waals surface area (Å²) in [6.07, 6.45) is 2.08. The number of amides is 2. The molecule has 1 atom stereocenters. The number of benzene rings is 3. The van der Waals surface area contributed by atoms with Crippen LogP contribution in [0.25, 0.3) is 10.9 Å². The van der Waals surface area contributed by atoms with Gasteiger partial charge in [0.05, 0.1) is 6.42 Å². The van der Waals surface area contributed by atoms with E-state index in [2.05, 4.69) is 24.1 Å². The van der Waals surface area contributed by atoms with E-state index in [9.17, 15) is 9.59 Å². The molecule has 0 radical (unpaired) electrons. The summed E-state index contributed by atoms with van der Waals surface area (Å²) in [5.41, 5.74) is 5.70.